The van der Waals surface area contributed by atoms with Gasteiger partial charge in [0.1, 0.15) is 17.5 Å². The molecule has 1 fully saturated rings. The van der Waals surface area contributed by atoms with Crippen LogP contribution in [-0.4, -0.2) is 34.6 Å². The van der Waals surface area contributed by atoms with Crippen LogP contribution in [-0.2, 0) is 20.9 Å². The molecule has 0 bridgehead atoms. The summed E-state index contributed by atoms with van der Waals surface area (Å²) in [5.41, 5.74) is 1.83. The molecule has 1 aromatic heterocycles. The number of carbonyl (C=O) groups is 3. The molecule has 0 radical (unpaired) electrons. The summed E-state index contributed by atoms with van der Waals surface area (Å²) in [5.74, 6) is -1.73. The number of amides is 3. The fraction of sp³-hybridized carbons (Fsp3) is 0.172. The van der Waals surface area contributed by atoms with Gasteiger partial charge in [0.05, 0.1) is 23.7 Å². The number of hydrogen-bond acceptors (Lipinski definition) is 7. The summed E-state index contributed by atoms with van der Waals surface area (Å²) >= 11 is 8.22. The Balaban J connectivity index is 1.42. The van der Waals surface area contributed by atoms with Crippen LogP contribution in [0, 0.1) is 5.92 Å². The Hall–Kier alpha value is -3.86. The maximum atomic E-state index is 13.9. The van der Waals surface area contributed by atoms with E-state index in [1.54, 1.807) is 67.8 Å². The first kappa shape index (κ1) is 26.4. The van der Waals surface area contributed by atoms with Crippen LogP contribution < -0.4 is 19.8 Å². The molecule has 4 aromatic rings. The average molecular weight is 592 g/mol. The summed E-state index contributed by atoms with van der Waals surface area (Å²) in [5, 5.41) is 3.05. The number of anilines is 2. The lowest BCUT2D eigenvalue weighted by Crippen LogP contribution is -2.33. The van der Waals surface area contributed by atoms with Crippen LogP contribution in [0.5, 0.6) is 5.75 Å². The van der Waals surface area contributed by atoms with Crippen molar-refractivity contribution in [1.82, 2.24) is 4.57 Å². The predicted octanol–water partition coefficient (Wildman–Crippen LogP) is 5.01. The zero-order valence-corrected chi connectivity index (χ0v) is 23.5. The van der Waals surface area contributed by atoms with E-state index in [-0.39, 0.29) is 29.1 Å². The SMILES string of the molecule is COc1ccc([C@@H]2c3sc(=O)n(CC(=O)Nc4ccccc4)c3S[C@@H]3C(=O)N(c4ccc(Cl)cc4)C(=O)[C@H]23)cc1. The number of nitrogens with one attached hydrogen (secondary N) is 1. The number of rotatable bonds is 6. The van der Waals surface area contributed by atoms with Crippen molar-refractivity contribution >= 4 is 63.8 Å². The van der Waals surface area contributed by atoms with Crippen molar-refractivity contribution in [2.75, 3.05) is 17.3 Å². The topological polar surface area (TPSA) is 97.7 Å². The first-order valence-electron chi connectivity index (χ1n) is 12.4. The molecule has 202 valence electrons. The lowest BCUT2D eigenvalue weighted by molar-refractivity contribution is -0.122. The van der Waals surface area contributed by atoms with E-state index in [0.717, 1.165) is 16.9 Å². The highest BCUT2D eigenvalue weighted by atomic mass is 35.5. The van der Waals surface area contributed by atoms with Crippen LogP contribution in [0.2, 0.25) is 5.02 Å². The van der Waals surface area contributed by atoms with Crippen LogP contribution in [0.1, 0.15) is 16.4 Å². The summed E-state index contributed by atoms with van der Waals surface area (Å²) in [6.07, 6.45) is 0. The maximum absolute atomic E-state index is 13.9. The van der Waals surface area contributed by atoms with Gasteiger partial charge in [-0.05, 0) is 54.1 Å². The zero-order valence-electron chi connectivity index (χ0n) is 21.1. The third-order valence-electron chi connectivity index (χ3n) is 6.97. The molecule has 3 atom stereocenters. The van der Waals surface area contributed by atoms with Gasteiger partial charge in [-0.3, -0.25) is 23.7 Å². The number of carbonyl (C=O) groups excluding carboxylic acids is 3. The lowest BCUT2D eigenvalue weighted by Gasteiger charge is -2.30. The quantitative estimate of drug-likeness (QED) is 0.317. The number of halogens is 1. The molecule has 2 aliphatic rings. The number of nitrogens with zero attached hydrogens (tertiary/aromatic N) is 2. The predicted molar refractivity (Wildman–Crippen MR) is 156 cm³/mol. The Bertz CT molecular complexity index is 1670. The highest BCUT2D eigenvalue weighted by Gasteiger charge is 2.56. The van der Waals surface area contributed by atoms with Crippen molar-refractivity contribution < 1.29 is 19.1 Å². The van der Waals surface area contributed by atoms with Gasteiger partial charge in [0.15, 0.2) is 0 Å². The second kappa shape index (κ2) is 10.6. The van der Waals surface area contributed by atoms with Crippen molar-refractivity contribution in [3.63, 3.8) is 0 Å². The molecule has 0 spiro atoms. The highest BCUT2D eigenvalue weighted by Crippen LogP contribution is 2.54. The monoisotopic (exact) mass is 591 g/mol. The van der Waals surface area contributed by atoms with Gasteiger partial charge >= 0.3 is 4.87 Å². The molecule has 1 saturated heterocycles. The van der Waals surface area contributed by atoms with E-state index in [9.17, 15) is 19.2 Å². The molecule has 0 aliphatic carbocycles. The Morgan fingerprint density at radius 3 is 2.33 bits per heavy atom. The minimum Gasteiger partial charge on any atom is -0.497 e. The van der Waals surface area contributed by atoms with Crippen molar-refractivity contribution in [3.05, 3.63) is 104 Å². The fourth-order valence-electron chi connectivity index (χ4n) is 5.14. The second-order valence-corrected chi connectivity index (χ2v) is 11.9. The summed E-state index contributed by atoms with van der Waals surface area (Å²) in [7, 11) is 1.57. The molecule has 8 nitrogen and oxygen atoms in total. The van der Waals surface area contributed by atoms with E-state index in [1.165, 1.54) is 21.2 Å². The zero-order chi connectivity index (χ0) is 28.0. The summed E-state index contributed by atoms with van der Waals surface area (Å²) in [4.78, 5) is 55.4. The van der Waals surface area contributed by atoms with Gasteiger partial charge in [-0.25, -0.2) is 4.90 Å². The van der Waals surface area contributed by atoms with E-state index in [4.69, 9.17) is 16.3 Å². The van der Waals surface area contributed by atoms with Gasteiger partial charge < -0.3 is 10.1 Å². The lowest BCUT2D eigenvalue weighted by atomic mass is 9.83. The van der Waals surface area contributed by atoms with Crippen LogP contribution in [0.25, 0.3) is 0 Å². The molecule has 3 aromatic carbocycles. The Labute approximate surface area is 242 Å². The largest absolute Gasteiger partial charge is 0.497 e. The van der Waals surface area contributed by atoms with Crippen molar-refractivity contribution in [1.29, 1.82) is 0 Å². The number of para-hydroxylation sites is 1. The van der Waals surface area contributed by atoms with Gasteiger partial charge in [0, 0.05) is 21.5 Å². The number of benzene rings is 3. The number of aromatic nitrogens is 1. The highest BCUT2D eigenvalue weighted by molar-refractivity contribution is 8.00. The van der Waals surface area contributed by atoms with E-state index < -0.39 is 17.1 Å². The molecule has 6 rings (SSSR count). The first-order valence-corrected chi connectivity index (χ1v) is 14.5. The summed E-state index contributed by atoms with van der Waals surface area (Å²) in [6.45, 7) is -0.220. The number of fused-ring (bicyclic) bond motifs is 2. The normalized spacial score (nSPS) is 19.8. The molecule has 1 N–H and O–H groups in total. The summed E-state index contributed by atoms with van der Waals surface area (Å²) < 4.78 is 6.71. The molecule has 0 unspecified atom stereocenters. The van der Waals surface area contributed by atoms with Gasteiger partial charge in [0.25, 0.3) is 0 Å². The van der Waals surface area contributed by atoms with Crippen LogP contribution in [0.3, 0.4) is 0 Å². The van der Waals surface area contributed by atoms with Crippen molar-refractivity contribution in [3.8, 4) is 5.75 Å². The standard InChI is InChI=1S/C29H22ClN3O5S2/c1-38-20-13-7-16(8-14-20)22-23-24(27(36)33(26(23)35)19-11-9-17(30)10-12-19)39-28-25(22)40-29(37)32(28)15-21(34)31-18-5-3-2-4-6-18/h2-14,22-24H,15H2,1H3,(H,31,34)/t22-,23+,24-/m0/s1. The average Bonchev–Trinajstić information content (AvgIpc) is 3.40. The molecule has 0 saturated carbocycles. The third kappa shape index (κ3) is 4.61. The molecule has 2 aliphatic heterocycles. The molecule has 3 amide bonds. The molecular weight excluding hydrogens is 570 g/mol. The smallest absolute Gasteiger partial charge is 0.308 e. The minimum absolute atomic E-state index is 0.220. The minimum atomic E-state index is -0.778. The molecule has 40 heavy (non-hydrogen) atoms. The molecule has 3 heterocycles. The van der Waals surface area contributed by atoms with Crippen molar-refractivity contribution in [2.45, 2.75) is 22.7 Å². The van der Waals surface area contributed by atoms with Crippen LogP contribution in [0.15, 0.2) is 88.7 Å². The summed E-state index contributed by atoms with van der Waals surface area (Å²) in [6, 6.07) is 22.8. The van der Waals surface area contributed by atoms with Gasteiger partial charge in [-0.1, -0.05) is 65.0 Å². The van der Waals surface area contributed by atoms with Gasteiger partial charge in [0.2, 0.25) is 17.7 Å². The number of hydrogen-bond donors (Lipinski definition) is 1. The van der Waals surface area contributed by atoms with E-state index in [1.807, 2.05) is 18.2 Å². The maximum Gasteiger partial charge on any atom is 0.308 e. The number of thioether (sulfide) groups is 1. The van der Waals surface area contributed by atoms with E-state index in [2.05, 4.69) is 5.32 Å². The first-order chi connectivity index (χ1) is 19.4. The number of ether oxygens (including phenoxy) is 1. The Morgan fingerprint density at radius 1 is 0.950 bits per heavy atom. The third-order valence-corrected chi connectivity index (χ3v) is 9.82. The second-order valence-electron chi connectivity index (χ2n) is 9.34. The van der Waals surface area contributed by atoms with E-state index in [0.29, 0.717) is 32.1 Å². The van der Waals surface area contributed by atoms with E-state index >= 15 is 0 Å². The number of methoxy groups -OCH3 is 1. The van der Waals surface area contributed by atoms with Gasteiger partial charge in [-0.2, -0.15) is 0 Å². The molecular formula is C29H22ClN3O5S2. The van der Waals surface area contributed by atoms with Crippen LogP contribution >= 0.6 is 34.7 Å². The van der Waals surface area contributed by atoms with Gasteiger partial charge in [-0.15, -0.1) is 0 Å². The fourth-order valence-corrected chi connectivity index (χ4v) is 8.04. The Morgan fingerprint density at radius 2 is 1.65 bits per heavy atom. The molecule has 11 heteroatoms. The number of thiazole rings is 1. The van der Waals surface area contributed by atoms with Crippen LogP contribution in [0.4, 0.5) is 11.4 Å². The Kier molecular flexibility index (Phi) is 6.99. The number of imide groups is 1. The van der Waals surface area contributed by atoms with Crippen molar-refractivity contribution in [2.24, 2.45) is 5.92 Å².